The molecule has 0 aromatic carbocycles. The van der Waals surface area contributed by atoms with Crippen molar-refractivity contribution < 1.29 is 9.53 Å². The van der Waals surface area contributed by atoms with Crippen molar-refractivity contribution in [2.24, 2.45) is 50.2 Å². The molecule has 0 aromatic rings. The molecule has 7 aliphatic rings. The number of ether oxygens (including phenoxy) is 1. The Kier molecular flexibility index (Phi) is 6.97. The second-order valence-corrected chi connectivity index (χ2v) is 18.5. The van der Waals surface area contributed by atoms with Crippen LogP contribution < -0.4 is 5.32 Å². The number of hydrogen-bond acceptors (Lipinski definition) is 3. The van der Waals surface area contributed by atoms with E-state index in [0.717, 1.165) is 56.7 Å². The maximum absolute atomic E-state index is 14.3. The minimum Gasteiger partial charge on any atom is -0.373 e. The first kappa shape index (κ1) is 29.8. The van der Waals surface area contributed by atoms with Crippen LogP contribution in [0.2, 0.25) is 0 Å². The van der Waals surface area contributed by atoms with Crippen LogP contribution in [0.25, 0.3) is 0 Å². The highest BCUT2D eigenvalue weighted by molar-refractivity contribution is 5.87. The van der Waals surface area contributed by atoms with Gasteiger partial charge in [-0.15, -0.1) is 0 Å². The zero-order valence-corrected chi connectivity index (χ0v) is 28.3. The van der Waals surface area contributed by atoms with Crippen LogP contribution in [-0.4, -0.2) is 49.7 Å². The molecule has 1 unspecified atom stereocenters. The summed E-state index contributed by atoms with van der Waals surface area (Å²) in [5.74, 6) is 2.67. The van der Waals surface area contributed by atoms with Gasteiger partial charge in [0.05, 0.1) is 18.1 Å². The molecule has 2 heterocycles. The molecule has 0 bridgehead atoms. The highest BCUT2D eigenvalue weighted by Crippen LogP contribution is 2.76. The second-order valence-electron chi connectivity index (χ2n) is 18.5. The largest absolute Gasteiger partial charge is 0.373 e. The van der Waals surface area contributed by atoms with Crippen molar-refractivity contribution in [1.82, 2.24) is 10.2 Å². The lowest BCUT2D eigenvalue weighted by molar-refractivity contribution is -0.195. The fraction of sp³-hybridized carbons (Fsp3) is 0.921. The van der Waals surface area contributed by atoms with Gasteiger partial charge in [0.15, 0.2) is 0 Å². The Balaban J connectivity index is 1.21. The summed E-state index contributed by atoms with van der Waals surface area (Å²) in [5, 5.41) is 3.52. The fourth-order valence-electron chi connectivity index (χ4n) is 13.1. The van der Waals surface area contributed by atoms with Gasteiger partial charge in [-0.25, -0.2) is 0 Å². The van der Waals surface area contributed by atoms with E-state index in [1.807, 2.05) is 0 Å². The van der Waals surface area contributed by atoms with Gasteiger partial charge in [0, 0.05) is 13.1 Å². The van der Waals surface area contributed by atoms with Gasteiger partial charge in [0.1, 0.15) is 0 Å². The molecular weight excluding hydrogens is 516 g/mol. The fourth-order valence-corrected chi connectivity index (χ4v) is 13.1. The Hall–Kier alpha value is -0.870. The van der Waals surface area contributed by atoms with Gasteiger partial charge in [0.25, 0.3) is 0 Å². The Morgan fingerprint density at radius 3 is 2.29 bits per heavy atom. The quantitative estimate of drug-likeness (QED) is 0.264. The number of likely N-dealkylation sites (tertiary alicyclic amines) is 1. The molecule has 0 radical (unpaired) electrons. The Bertz CT molecular complexity index is 1130. The lowest BCUT2D eigenvalue weighted by Crippen LogP contribution is -2.64. The van der Waals surface area contributed by atoms with Crippen molar-refractivity contribution in [2.75, 3.05) is 32.8 Å². The summed E-state index contributed by atoms with van der Waals surface area (Å²) in [6, 6.07) is 0. The molecule has 7 rings (SSSR count). The summed E-state index contributed by atoms with van der Waals surface area (Å²) in [5.41, 5.74) is 4.68. The molecule has 0 aromatic heterocycles. The molecule has 1 amide bonds. The molecule has 42 heavy (non-hydrogen) atoms. The van der Waals surface area contributed by atoms with E-state index in [2.05, 4.69) is 58.7 Å². The van der Waals surface area contributed by atoms with Crippen molar-refractivity contribution >= 4 is 5.91 Å². The average molecular weight is 579 g/mol. The van der Waals surface area contributed by atoms with Crippen LogP contribution in [0.3, 0.4) is 0 Å². The molecular formula is C38H62N2O2. The number of hydrogen-bond donors (Lipinski definition) is 1. The van der Waals surface area contributed by atoms with E-state index in [9.17, 15) is 4.79 Å². The number of carbonyl (C=O) groups is 1. The first-order chi connectivity index (χ1) is 19.8. The number of allylic oxidation sites excluding steroid dienone is 1. The van der Waals surface area contributed by atoms with Crippen LogP contribution >= 0.6 is 0 Å². The maximum atomic E-state index is 14.3. The Labute approximate surface area is 257 Å². The van der Waals surface area contributed by atoms with Crippen LogP contribution in [0, 0.1) is 50.2 Å². The number of amides is 1. The van der Waals surface area contributed by atoms with E-state index in [1.54, 1.807) is 11.1 Å². The molecule has 236 valence electrons. The SMILES string of the molecule is CC1(C)CC[C@]2(C(=O)NCCN3CCCC3)CC[C@]3(C)C(=C2C1)CC[C@@H]1[C@@]2(C)CC[C@H](C4CO4)C(C)(C)[C@@H]2CC[C@]13C. The molecule has 4 heteroatoms. The van der Waals surface area contributed by atoms with Gasteiger partial charge < -0.3 is 15.0 Å². The number of nitrogens with zero attached hydrogens (tertiary/aromatic N) is 1. The second kappa shape index (κ2) is 9.81. The van der Waals surface area contributed by atoms with Crippen molar-refractivity contribution in [2.45, 2.75) is 138 Å². The summed E-state index contributed by atoms with van der Waals surface area (Å²) >= 11 is 0. The average Bonchev–Trinajstić information content (AvgIpc) is 3.62. The molecule has 2 aliphatic heterocycles. The summed E-state index contributed by atoms with van der Waals surface area (Å²) in [7, 11) is 0. The molecule has 6 fully saturated rings. The van der Waals surface area contributed by atoms with E-state index in [1.165, 1.54) is 77.3 Å². The number of epoxide rings is 1. The van der Waals surface area contributed by atoms with Gasteiger partial charge in [-0.1, -0.05) is 59.6 Å². The third-order valence-electron chi connectivity index (χ3n) is 15.8. The van der Waals surface area contributed by atoms with E-state index in [-0.39, 0.29) is 16.2 Å². The minimum absolute atomic E-state index is 0.215. The van der Waals surface area contributed by atoms with Gasteiger partial charge >= 0.3 is 0 Å². The summed E-state index contributed by atoms with van der Waals surface area (Å²) in [6.07, 6.45) is 16.7. The molecule has 5 aliphatic carbocycles. The lowest BCUT2D eigenvalue weighted by Gasteiger charge is -2.71. The van der Waals surface area contributed by atoms with Gasteiger partial charge in [0.2, 0.25) is 5.91 Å². The predicted molar refractivity (Wildman–Crippen MR) is 171 cm³/mol. The van der Waals surface area contributed by atoms with E-state index in [4.69, 9.17) is 4.74 Å². The predicted octanol–water partition coefficient (Wildman–Crippen LogP) is 8.16. The zero-order valence-electron chi connectivity index (χ0n) is 28.3. The van der Waals surface area contributed by atoms with Crippen molar-refractivity contribution in [3.05, 3.63) is 11.1 Å². The highest BCUT2D eigenvalue weighted by atomic mass is 16.6. The van der Waals surface area contributed by atoms with Crippen molar-refractivity contribution in [1.29, 1.82) is 0 Å². The Morgan fingerprint density at radius 2 is 1.57 bits per heavy atom. The standard InChI is InChI=1S/C38H62N2O2/c1-33(2)16-18-38(32(41)39-20-23-40-21-8-9-22-40)19-17-36(6)26(28(38)24-33)10-11-31-35(5)14-12-27(29-25-42-29)34(3,4)30(35)13-15-37(31,36)7/h27,29-31H,8-25H2,1-7H3,(H,39,41)/t27-,29?,30+,31-,35+,36-,37-,38+/m1/s1. The molecule has 4 nitrogen and oxygen atoms in total. The van der Waals surface area contributed by atoms with Gasteiger partial charge in [-0.2, -0.15) is 0 Å². The van der Waals surface area contributed by atoms with Gasteiger partial charge in [-0.05, 0) is 141 Å². The summed E-state index contributed by atoms with van der Waals surface area (Å²) in [4.78, 5) is 16.8. The number of rotatable bonds is 5. The van der Waals surface area contributed by atoms with Crippen LogP contribution in [0.1, 0.15) is 132 Å². The van der Waals surface area contributed by atoms with E-state index >= 15 is 0 Å². The number of carbonyl (C=O) groups excluding carboxylic acids is 1. The zero-order chi connectivity index (χ0) is 29.8. The van der Waals surface area contributed by atoms with Gasteiger partial charge in [-0.3, -0.25) is 4.79 Å². The van der Waals surface area contributed by atoms with Crippen LogP contribution in [-0.2, 0) is 9.53 Å². The monoisotopic (exact) mass is 578 g/mol. The van der Waals surface area contributed by atoms with Crippen molar-refractivity contribution in [3.63, 3.8) is 0 Å². The summed E-state index contributed by atoms with van der Waals surface area (Å²) in [6.45, 7) is 23.5. The van der Waals surface area contributed by atoms with Crippen LogP contribution in [0.5, 0.6) is 0 Å². The van der Waals surface area contributed by atoms with Crippen molar-refractivity contribution in [3.8, 4) is 0 Å². The molecule has 1 N–H and O–H groups in total. The lowest BCUT2D eigenvalue weighted by atomic mass is 9.33. The minimum atomic E-state index is -0.260. The maximum Gasteiger partial charge on any atom is 0.230 e. The topological polar surface area (TPSA) is 44.9 Å². The third-order valence-corrected chi connectivity index (χ3v) is 15.8. The van der Waals surface area contributed by atoms with E-state index < -0.39 is 0 Å². The summed E-state index contributed by atoms with van der Waals surface area (Å²) < 4.78 is 5.91. The first-order valence-corrected chi connectivity index (χ1v) is 18.1. The van der Waals surface area contributed by atoms with Crippen LogP contribution in [0.15, 0.2) is 11.1 Å². The number of fused-ring (bicyclic) bond motifs is 6. The third kappa shape index (κ3) is 4.22. The molecule has 4 saturated carbocycles. The molecule has 0 spiro atoms. The molecule has 8 atom stereocenters. The number of nitrogens with one attached hydrogen (secondary N) is 1. The Morgan fingerprint density at radius 1 is 0.857 bits per heavy atom. The normalized spacial score (nSPS) is 47.6. The smallest absolute Gasteiger partial charge is 0.230 e. The van der Waals surface area contributed by atoms with Crippen LogP contribution in [0.4, 0.5) is 0 Å². The molecule has 2 saturated heterocycles. The first-order valence-electron chi connectivity index (χ1n) is 18.1. The van der Waals surface area contributed by atoms with E-state index in [0.29, 0.717) is 28.3 Å². The highest BCUT2D eigenvalue weighted by Gasteiger charge is 2.68.